The highest BCUT2D eigenvalue weighted by atomic mass is 32.2. The normalized spacial score (nSPS) is 25.5. The molecule has 4 heterocycles. The second-order valence-electron chi connectivity index (χ2n) is 9.57. The third kappa shape index (κ3) is 4.70. The first-order valence-corrected chi connectivity index (χ1v) is 13.7. The van der Waals surface area contributed by atoms with Crippen LogP contribution in [0.4, 0.5) is 0 Å². The van der Waals surface area contributed by atoms with Crippen LogP contribution in [0.25, 0.3) is 0 Å². The van der Waals surface area contributed by atoms with Crippen LogP contribution in [0.15, 0.2) is 36.4 Å². The van der Waals surface area contributed by atoms with Crippen LogP contribution in [-0.2, 0) is 16.4 Å². The van der Waals surface area contributed by atoms with E-state index in [0.717, 1.165) is 50.3 Å². The Morgan fingerprint density at radius 3 is 2.54 bits per heavy atom. The molecule has 9 nitrogen and oxygen atoms in total. The summed E-state index contributed by atoms with van der Waals surface area (Å²) < 4.78 is 37.4. The molecule has 0 spiro atoms. The van der Waals surface area contributed by atoms with E-state index in [0.29, 0.717) is 19.3 Å². The molecular weight excluding hydrogens is 472 g/mol. The van der Waals surface area contributed by atoms with Crippen molar-refractivity contribution < 1.29 is 32.9 Å². The highest BCUT2D eigenvalue weighted by Gasteiger charge is 2.45. The van der Waals surface area contributed by atoms with Crippen LogP contribution in [0.1, 0.15) is 46.8 Å². The van der Waals surface area contributed by atoms with Gasteiger partial charge >= 0.3 is 5.97 Å². The number of fused-ring (bicyclic) bond motifs is 5. The summed E-state index contributed by atoms with van der Waals surface area (Å²) in [4.78, 5) is 12.8. The van der Waals surface area contributed by atoms with Gasteiger partial charge in [0.05, 0.1) is 6.26 Å². The van der Waals surface area contributed by atoms with Crippen molar-refractivity contribution in [2.75, 3.05) is 32.7 Å². The number of ether oxygens (including phenoxy) is 2. The van der Waals surface area contributed by atoms with E-state index in [9.17, 15) is 13.2 Å². The average Bonchev–Trinajstić information content (AvgIpc) is 3.28. The van der Waals surface area contributed by atoms with Gasteiger partial charge in [0, 0.05) is 31.7 Å². The standard InChI is InChI=1S/C18H24N2O4S.C7H6O3/c1-25(21,22)20-5-2-3-13-10-19-6-4-12-7-17-18(24-11-23-17)8-14(12)16(19)9-15(13)20;8-6-4-2-1-3-5(6)7(9)10/h7-8,13,15-16H,2-6,9-11H2,1H3;1-4,8H,(H,9,10)/t13-,15+,16+;/m1./s1. The number of aromatic carboxylic acids is 1. The lowest BCUT2D eigenvalue weighted by atomic mass is 9.77. The van der Waals surface area contributed by atoms with E-state index in [1.807, 2.05) is 0 Å². The third-order valence-electron chi connectivity index (χ3n) is 7.46. The summed E-state index contributed by atoms with van der Waals surface area (Å²) in [5, 5.41) is 17.3. The molecule has 0 aliphatic carbocycles. The van der Waals surface area contributed by atoms with Crippen molar-refractivity contribution in [3.63, 3.8) is 0 Å². The highest BCUT2D eigenvalue weighted by molar-refractivity contribution is 7.88. The molecular formula is C25H30N2O7S. The molecule has 6 rings (SSSR count). The van der Waals surface area contributed by atoms with E-state index in [1.165, 1.54) is 29.5 Å². The quantitative estimate of drug-likeness (QED) is 0.644. The lowest BCUT2D eigenvalue weighted by Crippen LogP contribution is -2.57. The van der Waals surface area contributed by atoms with Gasteiger partial charge in [0.15, 0.2) is 11.5 Å². The minimum absolute atomic E-state index is 0.0671. The Morgan fingerprint density at radius 1 is 1.11 bits per heavy atom. The van der Waals surface area contributed by atoms with Crippen LogP contribution >= 0.6 is 0 Å². The summed E-state index contributed by atoms with van der Waals surface area (Å²) in [6.07, 6.45) is 5.37. The first kappa shape index (κ1) is 23.9. The van der Waals surface area contributed by atoms with Crippen LogP contribution in [-0.4, -0.2) is 72.5 Å². The molecule has 2 N–H and O–H groups in total. The van der Waals surface area contributed by atoms with E-state index in [-0.39, 0.29) is 23.4 Å². The van der Waals surface area contributed by atoms with Crippen molar-refractivity contribution in [2.45, 2.75) is 37.8 Å². The van der Waals surface area contributed by atoms with Crippen molar-refractivity contribution in [1.82, 2.24) is 9.21 Å². The number of carbonyl (C=O) groups is 1. The van der Waals surface area contributed by atoms with E-state index in [4.69, 9.17) is 19.7 Å². The second-order valence-corrected chi connectivity index (χ2v) is 11.5. The Hall–Kier alpha value is -2.82. The van der Waals surface area contributed by atoms with Crippen LogP contribution in [0.3, 0.4) is 0 Å². The van der Waals surface area contributed by atoms with Crippen molar-refractivity contribution in [2.24, 2.45) is 5.92 Å². The molecule has 10 heteroatoms. The van der Waals surface area contributed by atoms with Gasteiger partial charge in [-0.1, -0.05) is 12.1 Å². The zero-order valence-electron chi connectivity index (χ0n) is 19.6. The monoisotopic (exact) mass is 502 g/mol. The molecule has 4 aliphatic rings. The fraction of sp³-hybridized carbons (Fsp3) is 0.480. The van der Waals surface area contributed by atoms with E-state index >= 15 is 0 Å². The Labute approximate surface area is 204 Å². The number of para-hydroxylation sites is 1. The molecule has 0 unspecified atom stereocenters. The predicted molar refractivity (Wildman–Crippen MR) is 128 cm³/mol. The molecule has 0 bridgehead atoms. The maximum Gasteiger partial charge on any atom is 0.339 e. The first-order valence-electron chi connectivity index (χ1n) is 11.9. The molecule has 35 heavy (non-hydrogen) atoms. The Balaban J connectivity index is 0.000000214. The Bertz CT molecular complexity index is 1230. The summed E-state index contributed by atoms with van der Waals surface area (Å²) >= 11 is 0. The largest absolute Gasteiger partial charge is 0.507 e. The molecule has 0 aromatic heterocycles. The molecule has 2 aromatic rings. The van der Waals surface area contributed by atoms with Gasteiger partial charge in [0.1, 0.15) is 11.3 Å². The Morgan fingerprint density at radius 2 is 1.86 bits per heavy atom. The molecule has 2 aromatic carbocycles. The van der Waals surface area contributed by atoms with Crippen LogP contribution in [0.2, 0.25) is 0 Å². The topological polar surface area (TPSA) is 117 Å². The molecule has 0 saturated carbocycles. The smallest absolute Gasteiger partial charge is 0.339 e. The SMILES string of the molecule is CS(=O)(=O)N1CCC[C@@H]2CN3CCc4cc5c(cc4[C@@H]3C[C@@H]21)OCO5.O=C(O)c1ccccc1O. The number of rotatable bonds is 2. The summed E-state index contributed by atoms with van der Waals surface area (Å²) in [6.45, 7) is 2.99. The lowest BCUT2D eigenvalue weighted by molar-refractivity contribution is 0.0222. The van der Waals surface area contributed by atoms with Gasteiger partial charge in [-0.2, -0.15) is 4.31 Å². The second kappa shape index (κ2) is 9.33. The van der Waals surface area contributed by atoms with Crippen LogP contribution < -0.4 is 9.47 Å². The van der Waals surface area contributed by atoms with Gasteiger partial charge in [0.2, 0.25) is 16.8 Å². The summed E-state index contributed by atoms with van der Waals surface area (Å²) in [5.41, 5.74) is 2.56. The number of carboxylic acid groups (broad SMARTS) is 1. The fourth-order valence-corrected chi connectivity index (χ4v) is 7.07. The van der Waals surface area contributed by atoms with Gasteiger partial charge in [-0.25, -0.2) is 13.2 Å². The fourth-order valence-electron chi connectivity index (χ4n) is 5.86. The number of benzene rings is 2. The lowest BCUT2D eigenvalue weighted by Gasteiger charge is -2.51. The number of nitrogens with zero attached hydrogens (tertiary/aromatic N) is 2. The van der Waals surface area contributed by atoms with Gasteiger partial charge in [-0.15, -0.1) is 0 Å². The zero-order chi connectivity index (χ0) is 24.7. The number of hydrogen-bond acceptors (Lipinski definition) is 7. The van der Waals surface area contributed by atoms with E-state index in [1.54, 1.807) is 16.4 Å². The van der Waals surface area contributed by atoms with Crippen LogP contribution in [0.5, 0.6) is 17.2 Å². The van der Waals surface area contributed by atoms with E-state index in [2.05, 4.69) is 17.0 Å². The maximum absolute atomic E-state index is 12.3. The molecule has 0 amide bonds. The van der Waals surface area contributed by atoms with Gasteiger partial charge in [-0.3, -0.25) is 4.90 Å². The number of carboxylic acids is 1. The average molecular weight is 503 g/mol. The van der Waals surface area contributed by atoms with E-state index < -0.39 is 16.0 Å². The molecule has 2 fully saturated rings. The molecule has 2 saturated heterocycles. The van der Waals surface area contributed by atoms with Crippen molar-refractivity contribution in [3.8, 4) is 17.2 Å². The molecule has 188 valence electrons. The minimum atomic E-state index is -3.15. The summed E-state index contributed by atoms with van der Waals surface area (Å²) in [5.74, 6) is 0.811. The molecule has 0 radical (unpaired) electrons. The van der Waals surface area contributed by atoms with Gasteiger partial charge in [0.25, 0.3) is 0 Å². The maximum atomic E-state index is 12.3. The summed E-state index contributed by atoms with van der Waals surface area (Å²) in [7, 11) is -3.15. The van der Waals surface area contributed by atoms with Gasteiger partial charge < -0.3 is 19.7 Å². The predicted octanol–water partition coefficient (Wildman–Crippen LogP) is 2.85. The number of aromatic hydroxyl groups is 1. The number of piperidine rings is 2. The third-order valence-corrected chi connectivity index (χ3v) is 8.77. The van der Waals surface area contributed by atoms with Crippen LogP contribution in [0, 0.1) is 5.92 Å². The number of sulfonamides is 1. The zero-order valence-corrected chi connectivity index (χ0v) is 20.4. The number of hydrogen-bond donors (Lipinski definition) is 2. The van der Waals surface area contributed by atoms with Gasteiger partial charge in [-0.05, 0) is 67.0 Å². The highest BCUT2D eigenvalue weighted by Crippen LogP contribution is 2.46. The van der Waals surface area contributed by atoms with Crippen molar-refractivity contribution in [3.05, 3.63) is 53.1 Å². The Kier molecular flexibility index (Phi) is 6.37. The molecule has 3 atom stereocenters. The van der Waals surface area contributed by atoms with Crippen molar-refractivity contribution >= 4 is 16.0 Å². The molecule has 4 aliphatic heterocycles. The summed E-state index contributed by atoms with van der Waals surface area (Å²) in [6, 6.07) is 10.5. The van der Waals surface area contributed by atoms with Crippen molar-refractivity contribution in [1.29, 1.82) is 0 Å². The number of phenols is 1. The first-order chi connectivity index (χ1) is 16.7. The minimum Gasteiger partial charge on any atom is -0.507 e.